The first-order chi connectivity index (χ1) is 13.5. The fraction of sp³-hybridized carbons (Fsp3) is 0.474. The van der Waals surface area contributed by atoms with Crippen LogP contribution in [0, 0.1) is 11.3 Å². The molecule has 3 N–H and O–H groups in total. The Morgan fingerprint density at radius 3 is 2.46 bits per heavy atom. The Balaban J connectivity index is 2.54. The highest BCUT2D eigenvalue weighted by molar-refractivity contribution is 5.89. The number of esters is 1. The maximum Gasteiger partial charge on any atom is 0.408 e. The number of methoxy groups -OCH3 is 1. The molecule has 0 aliphatic carbocycles. The summed E-state index contributed by atoms with van der Waals surface area (Å²) in [6.07, 6.45) is 0.853. The van der Waals surface area contributed by atoms with Gasteiger partial charge >= 0.3 is 12.1 Å². The molecule has 0 aromatic heterocycles. The Morgan fingerprint density at radius 1 is 1.14 bits per heavy atom. The molecule has 0 bridgehead atoms. The smallest absolute Gasteiger partial charge is 0.408 e. The van der Waals surface area contributed by atoms with Crippen LogP contribution in [0.2, 0.25) is 0 Å². The van der Waals surface area contributed by atoms with Gasteiger partial charge in [0.1, 0.15) is 18.7 Å². The fourth-order valence-electron chi connectivity index (χ4n) is 2.32. The molecule has 2 atom stereocenters. The maximum atomic E-state index is 12.3. The third kappa shape index (κ3) is 8.51. The molecule has 0 fully saturated rings. The lowest BCUT2D eigenvalue weighted by Gasteiger charge is -2.20. The summed E-state index contributed by atoms with van der Waals surface area (Å²) in [5.41, 5.74) is 0.769. The van der Waals surface area contributed by atoms with Gasteiger partial charge < -0.3 is 25.2 Å². The summed E-state index contributed by atoms with van der Waals surface area (Å²) in [5, 5.41) is 22.7. The molecular formula is C19H25N3O6. The molecule has 0 saturated heterocycles. The molecule has 9 heteroatoms. The highest BCUT2D eigenvalue weighted by atomic mass is 16.5. The molecule has 152 valence electrons. The van der Waals surface area contributed by atoms with Crippen LogP contribution in [0.25, 0.3) is 0 Å². The average Bonchev–Trinajstić information content (AvgIpc) is 2.72. The van der Waals surface area contributed by atoms with Gasteiger partial charge in [-0.1, -0.05) is 30.3 Å². The van der Waals surface area contributed by atoms with Gasteiger partial charge in [0.15, 0.2) is 0 Å². The van der Waals surface area contributed by atoms with E-state index in [-0.39, 0.29) is 13.0 Å². The molecule has 1 aromatic carbocycles. The zero-order valence-corrected chi connectivity index (χ0v) is 15.7. The second-order valence-electron chi connectivity index (χ2n) is 5.93. The number of aliphatic hydroxyl groups excluding tert-OH is 1. The maximum absolute atomic E-state index is 12.3. The van der Waals surface area contributed by atoms with Crippen molar-refractivity contribution < 1.29 is 29.0 Å². The molecule has 0 unspecified atom stereocenters. The molecule has 1 aromatic rings. The van der Waals surface area contributed by atoms with Crippen molar-refractivity contribution in [2.45, 2.75) is 44.4 Å². The highest BCUT2D eigenvalue weighted by Crippen LogP contribution is 2.06. The van der Waals surface area contributed by atoms with E-state index in [1.807, 2.05) is 12.1 Å². The second-order valence-corrected chi connectivity index (χ2v) is 5.93. The van der Waals surface area contributed by atoms with Crippen molar-refractivity contribution in [2.24, 2.45) is 0 Å². The fourth-order valence-corrected chi connectivity index (χ4v) is 2.32. The second kappa shape index (κ2) is 13.1. The largest absolute Gasteiger partial charge is 0.467 e. The molecule has 28 heavy (non-hydrogen) atoms. The van der Waals surface area contributed by atoms with Gasteiger partial charge in [-0.15, -0.1) is 0 Å². The van der Waals surface area contributed by atoms with Crippen molar-refractivity contribution in [3.05, 3.63) is 35.9 Å². The summed E-state index contributed by atoms with van der Waals surface area (Å²) in [6, 6.07) is 8.75. The molecular weight excluding hydrogens is 366 g/mol. The minimum atomic E-state index is -1.28. The highest BCUT2D eigenvalue weighted by Gasteiger charge is 2.27. The van der Waals surface area contributed by atoms with E-state index in [0.717, 1.165) is 5.56 Å². The summed E-state index contributed by atoms with van der Waals surface area (Å²) < 4.78 is 9.67. The number of aliphatic hydroxyl groups is 1. The standard InChI is InChI=1S/C19H25N3O6/c1-27-18(25)15(10-6-3-7-11-20)21-17(24)16(12-23)22-19(26)28-13-14-8-4-2-5-9-14/h2,4-5,8-9,15-16,23H,3,6-7,10,12-13H2,1H3,(H,21,24)(H,22,26)/t15-,16-/m0/s1. The van der Waals surface area contributed by atoms with E-state index >= 15 is 0 Å². The van der Waals surface area contributed by atoms with Crippen molar-refractivity contribution in [3.63, 3.8) is 0 Å². The van der Waals surface area contributed by atoms with Crippen LogP contribution in [0.4, 0.5) is 4.79 Å². The summed E-state index contributed by atoms with van der Waals surface area (Å²) in [4.78, 5) is 36.0. The van der Waals surface area contributed by atoms with Crippen LogP contribution in [0.15, 0.2) is 30.3 Å². The monoisotopic (exact) mass is 391 g/mol. The van der Waals surface area contributed by atoms with E-state index in [1.54, 1.807) is 24.3 Å². The third-order valence-electron chi connectivity index (χ3n) is 3.84. The molecule has 0 saturated carbocycles. The average molecular weight is 391 g/mol. The predicted molar refractivity (Wildman–Crippen MR) is 98.7 cm³/mol. The lowest BCUT2D eigenvalue weighted by atomic mass is 10.1. The molecule has 0 aliphatic rings. The zero-order valence-electron chi connectivity index (χ0n) is 15.7. The molecule has 0 heterocycles. The summed E-state index contributed by atoms with van der Waals surface area (Å²) in [7, 11) is 1.19. The summed E-state index contributed by atoms with van der Waals surface area (Å²) in [5.74, 6) is -1.39. The van der Waals surface area contributed by atoms with Gasteiger partial charge in [-0.3, -0.25) is 4.79 Å². The lowest BCUT2D eigenvalue weighted by molar-refractivity contribution is -0.145. The summed E-state index contributed by atoms with van der Waals surface area (Å²) >= 11 is 0. The number of nitriles is 1. The van der Waals surface area contributed by atoms with Crippen molar-refractivity contribution in [1.82, 2.24) is 10.6 Å². The van der Waals surface area contributed by atoms with Crippen molar-refractivity contribution in [1.29, 1.82) is 5.26 Å². The number of hydrogen-bond acceptors (Lipinski definition) is 7. The van der Waals surface area contributed by atoms with E-state index in [9.17, 15) is 19.5 Å². The molecule has 0 spiro atoms. The normalized spacial score (nSPS) is 12.2. The minimum absolute atomic E-state index is 0.0100. The number of nitrogens with zero attached hydrogens (tertiary/aromatic N) is 1. The number of benzene rings is 1. The lowest BCUT2D eigenvalue weighted by Crippen LogP contribution is -2.53. The number of carbonyl (C=O) groups excluding carboxylic acids is 3. The Hall–Kier alpha value is -3.12. The van der Waals surface area contributed by atoms with Gasteiger partial charge in [-0.05, 0) is 24.8 Å². The van der Waals surface area contributed by atoms with Gasteiger partial charge in [0.25, 0.3) is 0 Å². The number of alkyl carbamates (subject to hydrolysis) is 1. The summed E-state index contributed by atoms with van der Waals surface area (Å²) in [6.45, 7) is -0.662. The third-order valence-corrected chi connectivity index (χ3v) is 3.84. The van der Waals surface area contributed by atoms with Crippen molar-refractivity contribution in [2.75, 3.05) is 13.7 Å². The number of hydrogen-bond donors (Lipinski definition) is 3. The molecule has 2 amide bonds. The van der Waals surface area contributed by atoms with Crippen LogP contribution in [0.5, 0.6) is 0 Å². The zero-order chi connectivity index (χ0) is 20.8. The molecule has 9 nitrogen and oxygen atoms in total. The number of unbranched alkanes of at least 4 members (excludes halogenated alkanes) is 2. The van der Waals surface area contributed by atoms with E-state index < -0.39 is 36.7 Å². The number of nitrogens with one attached hydrogen (secondary N) is 2. The first kappa shape index (κ1) is 22.9. The first-order valence-electron chi connectivity index (χ1n) is 8.85. The van der Waals surface area contributed by atoms with Crippen LogP contribution in [-0.2, 0) is 25.7 Å². The Labute approximate surface area is 163 Å². The van der Waals surface area contributed by atoms with Gasteiger partial charge in [0.05, 0.1) is 19.8 Å². The SMILES string of the molecule is COC(=O)[C@H](CCCCC#N)NC(=O)[C@H](CO)NC(=O)OCc1ccccc1. The van der Waals surface area contributed by atoms with Crippen LogP contribution in [0.1, 0.15) is 31.2 Å². The first-order valence-corrected chi connectivity index (χ1v) is 8.85. The number of rotatable bonds is 11. The van der Waals surface area contributed by atoms with Gasteiger partial charge in [0, 0.05) is 6.42 Å². The Bertz CT molecular complexity index is 674. The predicted octanol–water partition coefficient (Wildman–Crippen LogP) is 1.02. The Kier molecular flexibility index (Phi) is 10.7. The van der Waals surface area contributed by atoms with Gasteiger partial charge in [-0.2, -0.15) is 5.26 Å². The van der Waals surface area contributed by atoms with Crippen LogP contribution in [-0.4, -0.2) is 48.9 Å². The van der Waals surface area contributed by atoms with Crippen LogP contribution in [0.3, 0.4) is 0 Å². The molecule has 1 rings (SSSR count). The van der Waals surface area contributed by atoms with Crippen molar-refractivity contribution in [3.8, 4) is 6.07 Å². The van der Waals surface area contributed by atoms with E-state index in [2.05, 4.69) is 15.4 Å². The number of amides is 2. The van der Waals surface area contributed by atoms with Gasteiger partial charge in [0.2, 0.25) is 5.91 Å². The van der Waals surface area contributed by atoms with Crippen LogP contribution < -0.4 is 10.6 Å². The quantitative estimate of drug-likeness (QED) is 0.378. The van der Waals surface area contributed by atoms with E-state index in [4.69, 9.17) is 10.00 Å². The molecule has 0 aliphatic heterocycles. The van der Waals surface area contributed by atoms with E-state index in [0.29, 0.717) is 19.3 Å². The van der Waals surface area contributed by atoms with Crippen LogP contribution >= 0.6 is 0 Å². The number of carbonyl (C=O) groups is 3. The topological polar surface area (TPSA) is 138 Å². The Morgan fingerprint density at radius 2 is 1.86 bits per heavy atom. The minimum Gasteiger partial charge on any atom is -0.467 e. The van der Waals surface area contributed by atoms with Gasteiger partial charge in [-0.25, -0.2) is 9.59 Å². The molecule has 0 radical (unpaired) electrons. The number of ether oxygens (including phenoxy) is 2. The van der Waals surface area contributed by atoms with Crippen molar-refractivity contribution >= 4 is 18.0 Å². The van der Waals surface area contributed by atoms with E-state index in [1.165, 1.54) is 7.11 Å².